The molecule has 0 fully saturated rings. The van der Waals surface area contributed by atoms with Crippen LogP contribution < -0.4 is 0 Å². The van der Waals surface area contributed by atoms with Crippen LogP contribution in [0, 0.1) is 6.92 Å². The van der Waals surface area contributed by atoms with E-state index < -0.39 is 5.60 Å². The van der Waals surface area contributed by atoms with Gasteiger partial charge in [-0.3, -0.25) is 0 Å². The molecule has 0 aliphatic carbocycles. The van der Waals surface area contributed by atoms with Gasteiger partial charge in [0, 0.05) is 11.8 Å². The van der Waals surface area contributed by atoms with E-state index in [1.807, 2.05) is 13.0 Å². The molecule has 1 aromatic rings. The number of rotatable bonds is 1. The molecule has 0 radical (unpaired) electrons. The van der Waals surface area contributed by atoms with Crippen LogP contribution in [0.25, 0.3) is 0 Å². The Morgan fingerprint density at radius 3 is 2.50 bits per heavy atom. The third-order valence-corrected chi connectivity index (χ3v) is 1.94. The summed E-state index contributed by atoms with van der Waals surface area (Å²) in [7, 11) is 0. The van der Waals surface area contributed by atoms with Gasteiger partial charge in [0.1, 0.15) is 5.15 Å². The average Bonchev–Trinajstić information content (AvgIpc) is 1.92. The first-order valence-corrected chi connectivity index (χ1v) is 4.14. The Hall–Kier alpha value is -0.600. The summed E-state index contributed by atoms with van der Waals surface area (Å²) >= 11 is 5.81. The van der Waals surface area contributed by atoms with Gasteiger partial charge < -0.3 is 5.11 Å². The molecule has 0 saturated heterocycles. The van der Waals surface area contributed by atoms with Crippen LogP contribution in [0.3, 0.4) is 0 Å². The maximum atomic E-state index is 9.67. The molecule has 0 aliphatic heterocycles. The van der Waals surface area contributed by atoms with Gasteiger partial charge in [0.25, 0.3) is 0 Å². The Labute approximate surface area is 77.2 Å². The van der Waals surface area contributed by atoms with E-state index in [-0.39, 0.29) is 0 Å². The lowest BCUT2D eigenvalue weighted by Gasteiger charge is -2.18. The molecular weight excluding hydrogens is 174 g/mol. The van der Waals surface area contributed by atoms with Gasteiger partial charge in [-0.25, -0.2) is 4.98 Å². The van der Waals surface area contributed by atoms with Crippen LogP contribution in [-0.4, -0.2) is 10.1 Å². The van der Waals surface area contributed by atoms with Crippen LogP contribution in [0.2, 0.25) is 5.15 Å². The highest BCUT2D eigenvalue weighted by molar-refractivity contribution is 6.30. The molecule has 12 heavy (non-hydrogen) atoms. The summed E-state index contributed by atoms with van der Waals surface area (Å²) in [5.41, 5.74) is 0.747. The third kappa shape index (κ3) is 1.96. The van der Waals surface area contributed by atoms with Crippen LogP contribution >= 0.6 is 11.6 Å². The Kier molecular flexibility index (Phi) is 2.40. The van der Waals surface area contributed by atoms with Crippen LogP contribution in [0.1, 0.15) is 25.0 Å². The number of pyridine rings is 1. The lowest BCUT2D eigenvalue weighted by atomic mass is 9.99. The lowest BCUT2D eigenvalue weighted by molar-refractivity contribution is 0.0783. The van der Waals surface area contributed by atoms with Crippen LogP contribution in [0.4, 0.5) is 0 Å². The Morgan fingerprint density at radius 1 is 1.50 bits per heavy atom. The van der Waals surface area contributed by atoms with Gasteiger partial charge in [0.15, 0.2) is 0 Å². The predicted molar refractivity (Wildman–Crippen MR) is 49.2 cm³/mol. The van der Waals surface area contributed by atoms with Gasteiger partial charge in [-0.2, -0.15) is 0 Å². The molecule has 2 nitrogen and oxygen atoms in total. The summed E-state index contributed by atoms with van der Waals surface area (Å²) < 4.78 is 0. The Balaban J connectivity index is 3.23. The van der Waals surface area contributed by atoms with E-state index in [9.17, 15) is 5.11 Å². The number of aromatic nitrogens is 1. The number of nitrogens with zero attached hydrogens (tertiary/aromatic N) is 1. The molecule has 0 saturated carbocycles. The number of halogens is 1. The van der Waals surface area contributed by atoms with E-state index in [4.69, 9.17) is 11.6 Å². The lowest BCUT2D eigenvalue weighted by Crippen LogP contribution is -2.16. The number of aryl methyl sites for hydroxylation is 1. The minimum atomic E-state index is -0.921. The predicted octanol–water partition coefficient (Wildman–Crippen LogP) is 2.27. The zero-order valence-corrected chi connectivity index (χ0v) is 8.18. The third-order valence-electron chi connectivity index (χ3n) is 1.63. The van der Waals surface area contributed by atoms with Crippen molar-refractivity contribution in [1.82, 2.24) is 4.98 Å². The molecule has 0 spiro atoms. The molecule has 66 valence electrons. The number of hydrogen-bond donors (Lipinski definition) is 1. The summed E-state index contributed by atoms with van der Waals surface area (Å²) in [4.78, 5) is 3.95. The summed E-state index contributed by atoms with van der Waals surface area (Å²) in [6.07, 6.45) is 1.68. The van der Waals surface area contributed by atoms with E-state index in [1.54, 1.807) is 20.0 Å². The second kappa shape index (κ2) is 3.04. The highest BCUT2D eigenvalue weighted by Gasteiger charge is 2.19. The molecular formula is C9H12ClNO. The van der Waals surface area contributed by atoms with Crippen molar-refractivity contribution in [3.63, 3.8) is 0 Å². The van der Waals surface area contributed by atoms with Gasteiger partial charge >= 0.3 is 0 Å². The molecule has 1 aromatic heterocycles. The number of hydrogen-bond acceptors (Lipinski definition) is 2. The van der Waals surface area contributed by atoms with E-state index >= 15 is 0 Å². The van der Waals surface area contributed by atoms with Gasteiger partial charge in [-0.05, 0) is 32.4 Å². The van der Waals surface area contributed by atoms with Gasteiger partial charge in [0.2, 0.25) is 0 Å². The van der Waals surface area contributed by atoms with Crippen molar-refractivity contribution in [2.75, 3.05) is 0 Å². The number of aliphatic hydroxyl groups is 1. The summed E-state index contributed by atoms with van der Waals surface area (Å²) in [5, 5.41) is 10.0. The topological polar surface area (TPSA) is 33.1 Å². The second-order valence-corrected chi connectivity index (χ2v) is 3.77. The Morgan fingerprint density at radius 2 is 2.08 bits per heavy atom. The molecule has 0 bridgehead atoms. The van der Waals surface area contributed by atoms with Crippen molar-refractivity contribution in [1.29, 1.82) is 0 Å². The molecule has 3 heteroatoms. The maximum absolute atomic E-state index is 9.67. The fraction of sp³-hybridized carbons (Fsp3) is 0.444. The molecule has 0 aromatic carbocycles. The smallest absolute Gasteiger partial charge is 0.135 e. The van der Waals surface area contributed by atoms with Crippen molar-refractivity contribution in [2.24, 2.45) is 0 Å². The zero-order valence-electron chi connectivity index (χ0n) is 7.43. The van der Waals surface area contributed by atoms with Gasteiger partial charge in [0.05, 0.1) is 5.60 Å². The summed E-state index contributed by atoms with van der Waals surface area (Å²) in [6, 6.07) is 1.84. The van der Waals surface area contributed by atoms with Crippen molar-refractivity contribution in [3.8, 4) is 0 Å². The standard InChI is InChI=1S/C9H12ClNO/c1-6-4-7(9(2,3)12)8(10)11-5-6/h4-5,12H,1-3H3. The van der Waals surface area contributed by atoms with Gasteiger partial charge in [-0.1, -0.05) is 11.6 Å². The highest BCUT2D eigenvalue weighted by Crippen LogP contribution is 2.26. The first kappa shape index (κ1) is 9.49. The van der Waals surface area contributed by atoms with Crippen LogP contribution in [-0.2, 0) is 5.60 Å². The molecule has 0 aliphatic rings. The molecule has 1 N–H and O–H groups in total. The van der Waals surface area contributed by atoms with E-state index in [2.05, 4.69) is 4.98 Å². The minimum absolute atomic E-state index is 0.369. The van der Waals surface area contributed by atoms with Crippen LogP contribution in [0.15, 0.2) is 12.3 Å². The summed E-state index contributed by atoms with van der Waals surface area (Å²) in [5.74, 6) is 0. The molecule has 1 rings (SSSR count). The molecule has 0 atom stereocenters. The Bertz CT molecular complexity index is 291. The van der Waals surface area contributed by atoms with Crippen molar-refractivity contribution < 1.29 is 5.11 Å². The van der Waals surface area contributed by atoms with Crippen molar-refractivity contribution in [2.45, 2.75) is 26.4 Å². The van der Waals surface area contributed by atoms with E-state index in [0.29, 0.717) is 10.7 Å². The van der Waals surface area contributed by atoms with Crippen molar-refractivity contribution in [3.05, 3.63) is 28.5 Å². The van der Waals surface area contributed by atoms with Crippen molar-refractivity contribution >= 4 is 11.6 Å². The van der Waals surface area contributed by atoms with E-state index in [1.165, 1.54) is 0 Å². The SMILES string of the molecule is Cc1cnc(Cl)c(C(C)(C)O)c1. The minimum Gasteiger partial charge on any atom is -0.386 e. The average molecular weight is 186 g/mol. The second-order valence-electron chi connectivity index (χ2n) is 3.41. The first-order valence-electron chi connectivity index (χ1n) is 3.76. The fourth-order valence-corrected chi connectivity index (χ4v) is 1.32. The molecule has 0 amide bonds. The molecule has 1 heterocycles. The quantitative estimate of drug-likeness (QED) is 0.681. The van der Waals surface area contributed by atoms with E-state index in [0.717, 1.165) is 5.56 Å². The van der Waals surface area contributed by atoms with Crippen LogP contribution in [0.5, 0.6) is 0 Å². The zero-order chi connectivity index (χ0) is 9.35. The fourth-order valence-electron chi connectivity index (χ4n) is 0.982. The maximum Gasteiger partial charge on any atom is 0.135 e. The van der Waals surface area contributed by atoms with Gasteiger partial charge in [-0.15, -0.1) is 0 Å². The monoisotopic (exact) mass is 185 g/mol. The normalized spacial score (nSPS) is 11.8. The largest absolute Gasteiger partial charge is 0.386 e. The highest BCUT2D eigenvalue weighted by atomic mass is 35.5. The summed E-state index contributed by atoms with van der Waals surface area (Å²) in [6.45, 7) is 5.29. The first-order chi connectivity index (χ1) is 5.41. The molecule has 0 unspecified atom stereocenters.